The molecule has 1 amide bonds. The maximum Gasteiger partial charge on any atom is 0.234 e. The van der Waals surface area contributed by atoms with Crippen molar-refractivity contribution in [3.63, 3.8) is 0 Å². The van der Waals surface area contributed by atoms with Gasteiger partial charge in [0.15, 0.2) is 0 Å². The lowest BCUT2D eigenvalue weighted by Crippen LogP contribution is -2.48. The number of amides is 1. The molecule has 1 aliphatic rings. The van der Waals surface area contributed by atoms with Gasteiger partial charge in [0.2, 0.25) is 5.91 Å². The summed E-state index contributed by atoms with van der Waals surface area (Å²) in [5.74, 6) is 0.105. The second-order valence-electron chi connectivity index (χ2n) is 5.33. The molecule has 1 aromatic carbocycles. The second-order valence-corrected chi connectivity index (χ2v) is 5.76. The molecule has 2 rings (SSSR count). The first kappa shape index (κ1) is 15.3. The first-order chi connectivity index (χ1) is 9.63. The number of nitrogens with zero attached hydrogens (tertiary/aromatic N) is 1. The van der Waals surface area contributed by atoms with Crippen LogP contribution in [0.15, 0.2) is 24.3 Å². The third kappa shape index (κ3) is 5.12. The van der Waals surface area contributed by atoms with Gasteiger partial charge in [-0.15, -0.1) is 0 Å². The smallest absolute Gasteiger partial charge is 0.234 e. The Kier molecular flexibility index (Phi) is 5.83. The zero-order chi connectivity index (χ0) is 14.4. The van der Waals surface area contributed by atoms with E-state index < -0.39 is 0 Å². The quantitative estimate of drug-likeness (QED) is 0.860. The predicted octanol–water partition coefficient (Wildman–Crippen LogP) is 1.29. The molecule has 0 spiro atoms. The molecule has 1 heterocycles. The monoisotopic (exact) mass is 295 g/mol. The third-order valence-electron chi connectivity index (χ3n) is 3.44. The van der Waals surface area contributed by atoms with Crippen LogP contribution in [0.4, 0.5) is 0 Å². The lowest BCUT2D eigenvalue weighted by atomic mass is 10.1. The lowest BCUT2D eigenvalue weighted by molar-refractivity contribution is -0.122. The Morgan fingerprint density at radius 2 is 2.00 bits per heavy atom. The van der Waals surface area contributed by atoms with Crippen molar-refractivity contribution in [1.29, 1.82) is 0 Å². The van der Waals surface area contributed by atoms with Gasteiger partial charge in [0.1, 0.15) is 0 Å². The molecule has 1 fully saturated rings. The van der Waals surface area contributed by atoms with Crippen LogP contribution in [0.25, 0.3) is 0 Å². The largest absolute Gasteiger partial charge is 0.352 e. The zero-order valence-corrected chi connectivity index (χ0v) is 12.6. The van der Waals surface area contributed by atoms with Crippen LogP contribution < -0.4 is 10.6 Å². The summed E-state index contributed by atoms with van der Waals surface area (Å²) in [6.07, 6.45) is 0.824. The van der Waals surface area contributed by atoms with Crippen LogP contribution in [0, 0.1) is 0 Å². The molecular weight excluding hydrogens is 274 g/mol. The molecule has 1 atom stereocenters. The van der Waals surface area contributed by atoms with Gasteiger partial charge in [-0.2, -0.15) is 0 Å². The van der Waals surface area contributed by atoms with Gasteiger partial charge in [0.25, 0.3) is 0 Å². The maximum atomic E-state index is 12.0. The van der Waals surface area contributed by atoms with E-state index in [1.807, 2.05) is 31.2 Å². The summed E-state index contributed by atoms with van der Waals surface area (Å²) in [6.45, 7) is 6.34. The Morgan fingerprint density at radius 1 is 1.35 bits per heavy atom. The molecule has 0 aromatic heterocycles. The van der Waals surface area contributed by atoms with Crippen molar-refractivity contribution in [2.24, 2.45) is 0 Å². The van der Waals surface area contributed by atoms with Crippen molar-refractivity contribution in [1.82, 2.24) is 15.5 Å². The minimum Gasteiger partial charge on any atom is -0.352 e. The molecule has 20 heavy (non-hydrogen) atoms. The Bertz CT molecular complexity index is 429. The highest BCUT2D eigenvalue weighted by atomic mass is 35.5. The summed E-state index contributed by atoms with van der Waals surface area (Å²) in [5.41, 5.74) is 1.18. The minimum absolute atomic E-state index is 0.105. The van der Waals surface area contributed by atoms with E-state index in [-0.39, 0.29) is 11.9 Å². The highest BCUT2D eigenvalue weighted by molar-refractivity contribution is 6.30. The highest BCUT2D eigenvalue weighted by Crippen LogP contribution is 2.11. The van der Waals surface area contributed by atoms with E-state index >= 15 is 0 Å². The standard InChI is InChI=1S/C15H22ClN3O/c1-12(10-13-2-4-14(16)5-3-13)18-15(20)11-19-8-6-17-7-9-19/h2-5,12,17H,6-11H2,1H3,(H,18,20). The number of hydrogen-bond donors (Lipinski definition) is 2. The van der Waals surface area contributed by atoms with Gasteiger partial charge in [-0.25, -0.2) is 0 Å². The van der Waals surface area contributed by atoms with E-state index in [0.717, 1.165) is 37.6 Å². The fourth-order valence-electron chi connectivity index (χ4n) is 2.42. The fraction of sp³-hybridized carbons (Fsp3) is 0.533. The Balaban J connectivity index is 1.74. The molecule has 1 saturated heterocycles. The maximum absolute atomic E-state index is 12.0. The van der Waals surface area contributed by atoms with Crippen molar-refractivity contribution in [2.75, 3.05) is 32.7 Å². The van der Waals surface area contributed by atoms with Gasteiger partial charge in [0.05, 0.1) is 6.54 Å². The van der Waals surface area contributed by atoms with Gasteiger partial charge in [-0.1, -0.05) is 23.7 Å². The van der Waals surface area contributed by atoms with Gasteiger partial charge < -0.3 is 10.6 Å². The molecule has 4 nitrogen and oxygen atoms in total. The van der Waals surface area contributed by atoms with Crippen molar-refractivity contribution < 1.29 is 4.79 Å². The predicted molar refractivity (Wildman–Crippen MR) is 82.1 cm³/mol. The molecular formula is C15H22ClN3O. The molecule has 1 unspecified atom stereocenters. The van der Waals surface area contributed by atoms with Crippen LogP contribution in [0.5, 0.6) is 0 Å². The summed E-state index contributed by atoms with van der Waals surface area (Å²) < 4.78 is 0. The summed E-state index contributed by atoms with van der Waals surface area (Å²) in [6, 6.07) is 7.90. The molecule has 110 valence electrons. The molecule has 0 aliphatic carbocycles. The van der Waals surface area contributed by atoms with Crippen LogP contribution in [-0.4, -0.2) is 49.6 Å². The molecule has 2 N–H and O–H groups in total. The number of carbonyl (C=O) groups is 1. The average Bonchev–Trinajstić information content (AvgIpc) is 2.42. The third-order valence-corrected chi connectivity index (χ3v) is 3.69. The number of nitrogens with one attached hydrogen (secondary N) is 2. The van der Waals surface area contributed by atoms with Gasteiger partial charge in [-0.3, -0.25) is 9.69 Å². The van der Waals surface area contributed by atoms with Crippen molar-refractivity contribution in [2.45, 2.75) is 19.4 Å². The van der Waals surface area contributed by atoms with Crippen LogP contribution in [0.3, 0.4) is 0 Å². The van der Waals surface area contributed by atoms with E-state index in [1.165, 1.54) is 5.56 Å². The van der Waals surface area contributed by atoms with Gasteiger partial charge >= 0.3 is 0 Å². The van der Waals surface area contributed by atoms with E-state index in [1.54, 1.807) is 0 Å². The SMILES string of the molecule is CC(Cc1ccc(Cl)cc1)NC(=O)CN1CCNCC1. The Hall–Kier alpha value is -1.10. The van der Waals surface area contributed by atoms with Crippen LogP contribution in [0.2, 0.25) is 5.02 Å². The fourth-order valence-corrected chi connectivity index (χ4v) is 2.54. The summed E-state index contributed by atoms with van der Waals surface area (Å²) >= 11 is 5.86. The van der Waals surface area contributed by atoms with Crippen molar-refractivity contribution in [3.05, 3.63) is 34.9 Å². The average molecular weight is 296 g/mol. The summed E-state index contributed by atoms with van der Waals surface area (Å²) in [5, 5.41) is 7.08. The number of rotatable bonds is 5. The number of benzene rings is 1. The molecule has 0 saturated carbocycles. The van der Waals surface area contributed by atoms with Crippen LogP contribution in [-0.2, 0) is 11.2 Å². The van der Waals surface area contributed by atoms with Crippen LogP contribution in [0.1, 0.15) is 12.5 Å². The Morgan fingerprint density at radius 3 is 2.65 bits per heavy atom. The van der Waals surface area contributed by atoms with Gasteiger partial charge in [0, 0.05) is 37.2 Å². The normalized spacial score (nSPS) is 17.7. The molecule has 1 aliphatic heterocycles. The van der Waals surface area contributed by atoms with E-state index in [9.17, 15) is 4.79 Å². The molecule has 5 heteroatoms. The summed E-state index contributed by atoms with van der Waals surface area (Å²) in [7, 11) is 0. The molecule has 0 radical (unpaired) electrons. The number of hydrogen-bond acceptors (Lipinski definition) is 3. The summed E-state index contributed by atoms with van der Waals surface area (Å²) in [4.78, 5) is 14.2. The van der Waals surface area contributed by atoms with Crippen molar-refractivity contribution >= 4 is 17.5 Å². The first-order valence-corrected chi connectivity index (χ1v) is 7.48. The topological polar surface area (TPSA) is 44.4 Å². The second kappa shape index (κ2) is 7.62. The number of carbonyl (C=O) groups excluding carboxylic acids is 1. The van der Waals surface area contributed by atoms with E-state index in [2.05, 4.69) is 15.5 Å². The number of piperazine rings is 1. The highest BCUT2D eigenvalue weighted by Gasteiger charge is 2.15. The van der Waals surface area contributed by atoms with Crippen molar-refractivity contribution in [3.8, 4) is 0 Å². The first-order valence-electron chi connectivity index (χ1n) is 7.10. The molecule has 0 bridgehead atoms. The molecule has 1 aromatic rings. The zero-order valence-electron chi connectivity index (χ0n) is 11.9. The van der Waals surface area contributed by atoms with Gasteiger partial charge in [-0.05, 0) is 31.0 Å². The van der Waals surface area contributed by atoms with E-state index in [4.69, 9.17) is 11.6 Å². The Labute approximate surface area is 125 Å². The van der Waals surface area contributed by atoms with Crippen LogP contribution >= 0.6 is 11.6 Å². The van der Waals surface area contributed by atoms with E-state index in [0.29, 0.717) is 6.54 Å². The minimum atomic E-state index is 0.105. The number of halogens is 1. The lowest BCUT2D eigenvalue weighted by Gasteiger charge is -2.27.